The molecule has 2 atom stereocenters. The predicted molar refractivity (Wildman–Crippen MR) is 62.6 cm³/mol. The second-order valence-corrected chi connectivity index (χ2v) is 4.00. The lowest BCUT2D eigenvalue weighted by Crippen LogP contribution is -2.30. The predicted octanol–water partition coefficient (Wildman–Crippen LogP) is 0.0665. The third-order valence-electron chi connectivity index (χ3n) is 2.51. The van der Waals surface area contributed by atoms with Crippen molar-refractivity contribution in [2.75, 3.05) is 13.6 Å². The third kappa shape index (κ3) is 3.76. The molecule has 0 bridgehead atoms. The zero-order chi connectivity index (χ0) is 13.7. The number of aliphatic hydroxyl groups is 2. The summed E-state index contributed by atoms with van der Waals surface area (Å²) in [6, 6.07) is 3.68. The maximum Gasteiger partial charge on any atom is 0.307 e. The quantitative estimate of drug-likeness (QED) is 0.579. The molecule has 0 saturated heterocycles. The normalized spacial score (nSPS) is 14.2. The molecule has 2 unspecified atom stereocenters. The molecule has 0 saturated carbocycles. The lowest BCUT2D eigenvalue weighted by Gasteiger charge is -2.19. The van der Waals surface area contributed by atoms with E-state index in [9.17, 15) is 19.4 Å². The summed E-state index contributed by atoms with van der Waals surface area (Å²) in [5, 5.41) is 30.7. The number of hydrogen-bond acceptors (Lipinski definition) is 4. The summed E-state index contributed by atoms with van der Waals surface area (Å²) in [6.45, 7) is 0.101. The molecular weight excluding hydrogens is 241 g/mol. The highest BCUT2D eigenvalue weighted by molar-refractivity contribution is 5.70. The average Bonchev–Trinajstić information content (AvgIpc) is 2.30. The van der Waals surface area contributed by atoms with Gasteiger partial charge in [0.2, 0.25) is 0 Å². The van der Waals surface area contributed by atoms with Crippen LogP contribution in [-0.4, -0.2) is 41.0 Å². The first kappa shape index (κ1) is 14.6. The molecule has 0 spiro atoms. The highest BCUT2D eigenvalue weighted by Gasteiger charge is 2.21. The van der Waals surface area contributed by atoms with Gasteiger partial charge in [-0.25, -0.2) is 4.39 Å². The van der Waals surface area contributed by atoms with Crippen LogP contribution in [-0.2, 0) is 11.2 Å². The fourth-order valence-corrected chi connectivity index (χ4v) is 1.63. The molecule has 6 heteroatoms. The highest BCUT2D eigenvalue weighted by atomic mass is 19.1. The number of carbonyl (C=O) groups is 1. The van der Waals surface area contributed by atoms with E-state index in [1.165, 1.54) is 12.1 Å². The Hall–Kier alpha value is -1.50. The second-order valence-electron chi connectivity index (χ2n) is 4.00. The number of aliphatic hydroxyl groups excluding tert-OH is 2. The van der Waals surface area contributed by atoms with Crippen molar-refractivity contribution >= 4 is 5.97 Å². The van der Waals surface area contributed by atoms with Gasteiger partial charge in [0.05, 0.1) is 12.5 Å². The monoisotopic (exact) mass is 257 g/mol. The van der Waals surface area contributed by atoms with Crippen LogP contribution in [0.2, 0.25) is 0 Å². The maximum atomic E-state index is 13.5. The van der Waals surface area contributed by atoms with Crippen molar-refractivity contribution < 1.29 is 24.5 Å². The van der Waals surface area contributed by atoms with Crippen molar-refractivity contribution in [3.63, 3.8) is 0 Å². The molecule has 0 heterocycles. The number of benzene rings is 1. The van der Waals surface area contributed by atoms with Gasteiger partial charge in [-0.2, -0.15) is 0 Å². The summed E-state index contributed by atoms with van der Waals surface area (Å²) >= 11 is 0. The van der Waals surface area contributed by atoms with Gasteiger partial charge in [-0.1, -0.05) is 6.07 Å². The van der Waals surface area contributed by atoms with Gasteiger partial charge in [-0.05, 0) is 24.7 Å². The summed E-state index contributed by atoms with van der Waals surface area (Å²) in [5.41, 5.74) is 0.270. The summed E-state index contributed by atoms with van der Waals surface area (Å²) in [6.07, 6.45) is -2.82. The van der Waals surface area contributed by atoms with Gasteiger partial charge < -0.3 is 20.6 Å². The van der Waals surface area contributed by atoms with Crippen LogP contribution in [0, 0.1) is 5.82 Å². The Bertz CT molecular complexity index is 425. The van der Waals surface area contributed by atoms with Crippen LogP contribution < -0.4 is 5.32 Å². The number of rotatable bonds is 6. The number of nitrogens with one attached hydrogen (secondary N) is 1. The molecule has 0 amide bonds. The molecule has 5 nitrogen and oxygen atoms in total. The van der Waals surface area contributed by atoms with Crippen LogP contribution in [0.15, 0.2) is 18.2 Å². The molecule has 100 valence electrons. The first-order valence-electron chi connectivity index (χ1n) is 5.46. The molecule has 1 aromatic carbocycles. The first-order valence-corrected chi connectivity index (χ1v) is 5.46. The van der Waals surface area contributed by atoms with E-state index in [0.29, 0.717) is 5.56 Å². The van der Waals surface area contributed by atoms with Gasteiger partial charge in [-0.15, -0.1) is 0 Å². The summed E-state index contributed by atoms with van der Waals surface area (Å²) < 4.78 is 13.5. The van der Waals surface area contributed by atoms with E-state index in [0.717, 1.165) is 6.07 Å². The van der Waals surface area contributed by atoms with Crippen LogP contribution in [0.5, 0.6) is 0 Å². The summed E-state index contributed by atoms with van der Waals surface area (Å²) in [5.74, 6) is -1.72. The maximum absolute atomic E-state index is 13.5. The summed E-state index contributed by atoms with van der Waals surface area (Å²) in [7, 11) is 1.59. The largest absolute Gasteiger partial charge is 0.481 e. The van der Waals surface area contributed by atoms with E-state index in [1.54, 1.807) is 7.05 Å². The van der Waals surface area contributed by atoms with Crippen LogP contribution in [0.3, 0.4) is 0 Å². The van der Waals surface area contributed by atoms with Gasteiger partial charge in [0.1, 0.15) is 11.9 Å². The SMILES string of the molecule is CNCC(O)C(O)c1cc(CC(=O)O)ccc1F. The van der Waals surface area contributed by atoms with Gasteiger partial charge in [0.15, 0.2) is 0 Å². The molecule has 1 aromatic rings. The van der Waals surface area contributed by atoms with Gasteiger partial charge in [0.25, 0.3) is 0 Å². The highest BCUT2D eigenvalue weighted by Crippen LogP contribution is 2.22. The van der Waals surface area contributed by atoms with E-state index in [1.807, 2.05) is 0 Å². The molecule has 18 heavy (non-hydrogen) atoms. The van der Waals surface area contributed by atoms with Crippen molar-refractivity contribution in [2.24, 2.45) is 0 Å². The van der Waals surface area contributed by atoms with Crippen molar-refractivity contribution in [3.8, 4) is 0 Å². The van der Waals surface area contributed by atoms with Gasteiger partial charge >= 0.3 is 5.97 Å². The minimum Gasteiger partial charge on any atom is -0.481 e. The van der Waals surface area contributed by atoms with Crippen LogP contribution >= 0.6 is 0 Å². The lowest BCUT2D eigenvalue weighted by atomic mass is 10.00. The third-order valence-corrected chi connectivity index (χ3v) is 2.51. The molecule has 0 radical (unpaired) electrons. The minimum atomic E-state index is -1.40. The molecular formula is C12H16FNO4. The van der Waals surface area contributed by atoms with E-state index >= 15 is 0 Å². The van der Waals surface area contributed by atoms with Crippen molar-refractivity contribution in [3.05, 3.63) is 35.1 Å². The molecule has 0 aromatic heterocycles. The molecule has 0 aliphatic rings. The van der Waals surface area contributed by atoms with Crippen LogP contribution in [0.4, 0.5) is 4.39 Å². The standard InChI is InChI=1S/C12H16FNO4/c1-14-6-10(15)12(18)8-4-7(5-11(16)17)2-3-9(8)13/h2-4,10,12,14-15,18H,5-6H2,1H3,(H,16,17). The fourth-order valence-electron chi connectivity index (χ4n) is 1.63. The van der Waals surface area contributed by atoms with E-state index in [2.05, 4.69) is 5.32 Å². The molecule has 1 rings (SSSR count). The Labute approximate surface area is 104 Å². The topological polar surface area (TPSA) is 89.8 Å². The molecule has 0 aliphatic carbocycles. The summed E-state index contributed by atoms with van der Waals surface area (Å²) in [4.78, 5) is 10.6. The minimum absolute atomic E-state index is 0.100. The van der Waals surface area contributed by atoms with Crippen LogP contribution in [0.1, 0.15) is 17.2 Å². The number of halogens is 1. The Kier molecular flexibility index (Phi) is 5.21. The molecule has 0 fully saturated rings. The number of hydrogen-bond donors (Lipinski definition) is 4. The first-order chi connectivity index (χ1) is 8.45. The lowest BCUT2D eigenvalue weighted by molar-refractivity contribution is -0.136. The van der Waals surface area contributed by atoms with Gasteiger partial charge in [0, 0.05) is 12.1 Å². The Morgan fingerprint density at radius 3 is 2.67 bits per heavy atom. The fraction of sp³-hybridized carbons (Fsp3) is 0.417. The van der Waals surface area contributed by atoms with Crippen molar-refractivity contribution in [1.29, 1.82) is 0 Å². The Balaban J connectivity index is 2.95. The number of aliphatic carboxylic acids is 1. The van der Waals surface area contributed by atoms with Crippen molar-refractivity contribution in [2.45, 2.75) is 18.6 Å². The van der Waals surface area contributed by atoms with Gasteiger partial charge in [-0.3, -0.25) is 4.79 Å². The number of likely N-dealkylation sites (N-methyl/N-ethyl adjacent to an activating group) is 1. The molecule has 0 aliphatic heterocycles. The Morgan fingerprint density at radius 1 is 1.44 bits per heavy atom. The average molecular weight is 257 g/mol. The Morgan fingerprint density at radius 2 is 2.11 bits per heavy atom. The van der Waals surface area contributed by atoms with Crippen molar-refractivity contribution in [1.82, 2.24) is 5.32 Å². The molecule has 4 N–H and O–H groups in total. The van der Waals surface area contributed by atoms with E-state index in [-0.39, 0.29) is 18.5 Å². The van der Waals surface area contributed by atoms with Crippen LogP contribution in [0.25, 0.3) is 0 Å². The second kappa shape index (κ2) is 6.44. The zero-order valence-corrected chi connectivity index (χ0v) is 9.93. The van der Waals surface area contributed by atoms with E-state index in [4.69, 9.17) is 5.11 Å². The zero-order valence-electron chi connectivity index (χ0n) is 9.93. The number of carboxylic acids is 1. The van der Waals surface area contributed by atoms with E-state index < -0.39 is 24.0 Å². The smallest absolute Gasteiger partial charge is 0.307 e. The number of carboxylic acid groups (broad SMARTS) is 1.